The van der Waals surface area contributed by atoms with E-state index in [9.17, 15) is 4.79 Å². The van der Waals surface area contributed by atoms with E-state index < -0.39 is 11.3 Å². The SMILES string of the molecule is CCCC(C)CN1C(=O)C2(CC(C)(C)NC(C)(C)C2)OC12CCCCCCCCCCC2. The van der Waals surface area contributed by atoms with Crippen molar-refractivity contribution in [2.75, 3.05) is 6.54 Å². The fourth-order valence-corrected chi connectivity index (χ4v) is 7.29. The number of amides is 1. The van der Waals surface area contributed by atoms with Crippen molar-refractivity contribution in [2.24, 2.45) is 5.92 Å². The molecule has 2 heterocycles. The molecule has 1 N–H and O–H groups in total. The van der Waals surface area contributed by atoms with Gasteiger partial charge in [0.2, 0.25) is 0 Å². The van der Waals surface area contributed by atoms with E-state index in [4.69, 9.17) is 4.74 Å². The van der Waals surface area contributed by atoms with Crippen LogP contribution in [0, 0.1) is 5.92 Å². The lowest BCUT2D eigenvalue weighted by atomic mass is 9.72. The van der Waals surface area contributed by atoms with E-state index in [0.717, 1.165) is 32.2 Å². The van der Waals surface area contributed by atoms with Crippen molar-refractivity contribution in [1.82, 2.24) is 10.2 Å². The number of hydrogen-bond acceptors (Lipinski definition) is 3. The Labute approximate surface area is 198 Å². The highest BCUT2D eigenvalue weighted by molar-refractivity contribution is 5.88. The molecule has 3 aliphatic rings. The van der Waals surface area contributed by atoms with Gasteiger partial charge in [-0.1, -0.05) is 65.2 Å². The third-order valence-corrected chi connectivity index (χ3v) is 8.05. The van der Waals surface area contributed by atoms with E-state index in [0.29, 0.717) is 5.92 Å². The first-order chi connectivity index (χ1) is 15.0. The van der Waals surface area contributed by atoms with Gasteiger partial charge in [-0.05, 0) is 65.7 Å². The lowest BCUT2D eigenvalue weighted by Gasteiger charge is -2.50. The van der Waals surface area contributed by atoms with Crippen molar-refractivity contribution in [3.63, 3.8) is 0 Å². The van der Waals surface area contributed by atoms with Crippen LogP contribution in [0.3, 0.4) is 0 Å². The van der Waals surface area contributed by atoms with Crippen LogP contribution in [-0.2, 0) is 9.53 Å². The van der Waals surface area contributed by atoms with Crippen molar-refractivity contribution in [3.8, 4) is 0 Å². The highest BCUT2D eigenvalue weighted by Gasteiger charge is 2.64. The second kappa shape index (κ2) is 10.3. The summed E-state index contributed by atoms with van der Waals surface area (Å²) in [6.07, 6.45) is 17.5. The molecule has 2 spiro atoms. The van der Waals surface area contributed by atoms with Crippen LogP contribution in [0.4, 0.5) is 0 Å². The molecule has 2 saturated heterocycles. The Kier molecular flexibility index (Phi) is 8.40. The molecule has 1 saturated carbocycles. The number of carbonyl (C=O) groups is 1. The molecule has 1 atom stereocenters. The Morgan fingerprint density at radius 1 is 0.875 bits per heavy atom. The smallest absolute Gasteiger partial charge is 0.257 e. The number of rotatable bonds is 4. The highest BCUT2D eigenvalue weighted by atomic mass is 16.6. The zero-order valence-electron chi connectivity index (χ0n) is 22.2. The van der Waals surface area contributed by atoms with Gasteiger partial charge in [0.25, 0.3) is 5.91 Å². The van der Waals surface area contributed by atoms with E-state index in [1.54, 1.807) is 0 Å². The standard InChI is InChI=1S/C28H52N2O2/c1-7-17-23(2)20-30-24(31)27(21-25(3,4)29-26(5,6)22-27)32-28(30)18-15-13-11-9-8-10-12-14-16-19-28/h23,29H,7-22H2,1-6H3. The van der Waals surface area contributed by atoms with Gasteiger partial charge in [-0.25, -0.2) is 0 Å². The molecule has 0 aromatic rings. The summed E-state index contributed by atoms with van der Waals surface area (Å²) in [5.74, 6) is 0.805. The molecule has 1 aliphatic carbocycles. The van der Waals surface area contributed by atoms with Gasteiger partial charge >= 0.3 is 0 Å². The van der Waals surface area contributed by atoms with Crippen molar-refractivity contribution in [3.05, 3.63) is 0 Å². The quantitative estimate of drug-likeness (QED) is 0.505. The number of ether oxygens (including phenoxy) is 1. The summed E-state index contributed by atoms with van der Waals surface area (Å²) in [6, 6.07) is 0. The van der Waals surface area contributed by atoms with Crippen LogP contribution in [0.15, 0.2) is 0 Å². The number of hydrogen-bond donors (Lipinski definition) is 1. The first-order valence-corrected chi connectivity index (χ1v) is 13.8. The maximum atomic E-state index is 14.3. The minimum Gasteiger partial charge on any atom is -0.339 e. The molecule has 0 aromatic carbocycles. The number of nitrogens with one attached hydrogen (secondary N) is 1. The van der Waals surface area contributed by atoms with Gasteiger partial charge in [-0.3, -0.25) is 4.79 Å². The predicted molar refractivity (Wildman–Crippen MR) is 134 cm³/mol. The van der Waals surface area contributed by atoms with Crippen molar-refractivity contribution in [1.29, 1.82) is 0 Å². The molecule has 32 heavy (non-hydrogen) atoms. The van der Waals surface area contributed by atoms with E-state index in [1.165, 1.54) is 70.6 Å². The molecule has 4 heteroatoms. The van der Waals surface area contributed by atoms with Crippen LogP contribution in [0.5, 0.6) is 0 Å². The molecule has 0 radical (unpaired) electrons. The summed E-state index contributed by atoms with van der Waals surface area (Å²) < 4.78 is 7.23. The average Bonchev–Trinajstić information content (AvgIpc) is 2.84. The maximum Gasteiger partial charge on any atom is 0.257 e. The normalized spacial score (nSPS) is 28.9. The average molecular weight is 449 g/mol. The molecule has 0 bridgehead atoms. The monoisotopic (exact) mass is 448 g/mol. The van der Waals surface area contributed by atoms with Gasteiger partial charge < -0.3 is 15.0 Å². The summed E-state index contributed by atoms with van der Waals surface area (Å²) in [7, 11) is 0. The zero-order valence-corrected chi connectivity index (χ0v) is 22.2. The van der Waals surface area contributed by atoms with Crippen molar-refractivity contribution in [2.45, 2.75) is 160 Å². The summed E-state index contributed by atoms with van der Waals surface area (Å²) >= 11 is 0. The van der Waals surface area contributed by atoms with Crippen molar-refractivity contribution < 1.29 is 9.53 Å². The minimum atomic E-state index is -0.679. The van der Waals surface area contributed by atoms with Gasteiger partial charge in [0.1, 0.15) is 5.72 Å². The summed E-state index contributed by atoms with van der Waals surface area (Å²) in [6.45, 7) is 14.4. The van der Waals surface area contributed by atoms with Gasteiger partial charge in [0.05, 0.1) is 0 Å². The molecule has 1 unspecified atom stereocenters. The second-order valence-corrected chi connectivity index (χ2v) is 12.8. The topological polar surface area (TPSA) is 41.6 Å². The number of carbonyl (C=O) groups excluding carboxylic acids is 1. The third kappa shape index (κ3) is 6.09. The van der Waals surface area contributed by atoms with Crippen LogP contribution >= 0.6 is 0 Å². The first kappa shape index (κ1) is 26.0. The van der Waals surface area contributed by atoms with E-state index in [2.05, 4.69) is 51.8 Å². The molecular formula is C28H52N2O2. The molecular weight excluding hydrogens is 396 g/mol. The van der Waals surface area contributed by atoms with E-state index in [-0.39, 0.29) is 17.0 Å². The Balaban J connectivity index is 1.94. The largest absolute Gasteiger partial charge is 0.339 e. The van der Waals surface area contributed by atoms with Crippen molar-refractivity contribution >= 4 is 5.91 Å². The number of piperidine rings is 1. The van der Waals surface area contributed by atoms with Crippen LogP contribution < -0.4 is 5.32 Å². The van der Waals surface area contributed by atoms with Gasteiger partial charge in [0.15, 0.2) is 5.60 Å². The predicted octanol–water partition coefficient (Wildman–Crippen LogP) is 6.96. The fraction of sp³-hybridized carbons (Fsp3) is 0.964. The molecule has 4 nitrogen and oxygen atoms in total. The van der Waals surface area contributed by atoms with Crippen LogP contribution in [-0.4, -0.2) is 39.8 Å². The fourth-order valence-electron chi connectivity index (χ4n) is 7.29. The van der Waals surface area contributed by atoms with Crippen LogP contribution in [0.25, 0.3) is 0 Å². The lowest BCUT2D eigenvalue weighted by Crippen LogP contribution is -2.65. The molecule has 3 fully saturated rings. The van der Waals surface area contributed by atoms with Gasteiger partial charge in [-0.15, -0.1) is 0 Å². The molecule has 0 aromatic heterocycles. The zero-order chi connectivity index (χ0) is 23.5. The van der Waals surface area contributed by atoms with E-state index >= 15 is 0 Å². The first-order valence-electron chi connectivity index (χ1n) is 13.8. The summed E-state index contributed by atoms with van der Waals surface area (Å²) in [5.41, 5.74) is -1.31. The Hall–Kier alpha value is -0.610. The van der Waals surface area contributed by atoms with Crippen LogP contribution in [0.2, 0.25) is 0 Å². The third-order valence-electron chi connectivity index (χ3n) is 8.05. The van der Waals surface area contributed by atoms with Gasteiger partial charge in [-0.2, -0.15) is 0 Å². The molecule has 2 aliphatic heterocycles. The molecule has 186 valence electrons. The lowest BCUT2D eigenvalue weighted by molar-refractivity contribution is -0.177. The Morgan fingerprint density at radius 2 is 1.34 bits per heavy atom. The van der Waals surface area contributed by atoms with Gasteiger partial charge in [0, 0.05) is 30.5 Å². The molecule has 1 amide bonds. The van der Waals surface area contributed by atoms with Crippen LogP contribution in [0.1, 0.15) is 138 Å². The second-order valence-electron chi connectivity index (χ2n) is 12.8. The summed E-state index contributed by atoms with van der Waals surface area (Å²) in [4.78, 5) is 16.6. The minimum absolute atomic E-state index is 0.116. The molecule has 3 rings (SSSR count). The maximum absolute atomic E-state index is 14.3. The summed E-state index contributed by atoms with van der Waals surface area (Å²) in [5, 5.41) is 3.78. The Bertz CT molecular complexity index is 599. The highest BCUT2D eigenvalue weighted by Crippen LogP contribution is 2.51. The number of nitrogens with zero attached hydrogens (tertiary/aromatic N) is 1. The Morgan fingerprint density at radius 3 is 1.81 bits per heavy atom. The van der Waals surface area contributed by atoms with E-state index in [1.807, 2.05) is 0 Å².